The van der Waals surface area contributed by atoms with Crippen LogP contribution in [0, 0.1) is 6.92 Å². The quantitative estimate of drug-likeness (QED) is 0.474. The van der Waals surface area contributed by atoms with Crippen molar-refractivity contribution in [1.29, 1.82) is 0 Å². The largest absolute Gasteiger partial charge is 0.497 e. The zero-order valence-corrected chi connectivity index (χ0v) is 19.2. The van der Waals surface area contributed by atoms with Crippen LogP contribution in [0.2, 0.25) is 0 Å². The van der Waals surface area contributed by atoms with E-state index in [0.717, 1.165) is 57.1 Å². The van der Waals surface area contributed by atoms with E-state index in [-0.39, 0.29) is 0 Å². The highest BCUT2D eigenvalue weighted by Crippen LogP contribution is 2.21. The monoisotopic (exact) mass is 451 g/mol. The Morgan fingerprint density at radius 3 is 2.48 bits per heavy atom. The third-order valence-corrected chi connectivity index (χ3v) is 6.58. The number of benzene rings is 1. The van der Waals surface area contributed by atoms with Crippen LogP contribution in [0.25, 0.3) is 16.9 Å². The normalized spacial score (nSPS) is 15.1. The van der Waals surface area contributed by atoms with Crippen LogP contribution in [0.5, 0.6) is 5.75 Å². The van der Waals surface area contributed by atoms with Crippen molar-refractivity contribution >= 4 is 22.6 Å². The van der Waals surface area contributed by atoms with Gasteiger partial charge in [-0.05, 0) is 44.2 Å². The highest BCUT2D eigenvalue weighted by atomic mass is 16.5. The maximum absolute atomic E-state index is 12.4. The van der Waals surface area contributed by atoms with Gasteiger partial charge in [-0.15, -0.1) is 0 Å². The molecule has 1 aliphatic rings. The van der Waals surface area contributed by atoms with Crippen LogP contribution in [0.1, 0.15) is 12.1 Å². The first-order valence-electron chi connectivity index (χ1n) is 11.2. The van der Waals surface area contributed by atoms with Gasteiger partial charge in [-0.25, -0.2) is 4.79 Å². The summed E-state index contributed by atoms with van der Waals surface area (Å²) < 4.78 is 10.5. The van der Waals surface area contributed by atoms with Gasteiger partial charge in [-0.1, -0.05) is 0 Å². The third-order valence-electron chi connectivity index (χ3n) is 6.58. The lowest BCUT2D eigenvalue weighted by Crippen LogP contribution is -2.46. The summed E-state index contributed by atoms with van der Waals surface area (Å²) in [7, 11) is 3.31. The summed E-state index contributed by atoms with van der Waals surface area (Å²) >= 11 is 0. The number of methoxy groups -OCH3 is 1. The Bertz CT molecular complexity index is 1400. The molecule has 0 saturated carbocycles. The van der Waals surface area contributed by atoms with Crippen molar-refractivity contribution in [2.45, 2.75) is 19.9 Å². The summed E-state index contributed by atoms with van der Waals surface area (Å²) in [4.78, 5) is 36.2. The van der Waals surface area contributed by atoms with Crippen molar-refractivity contribution in [3.8, 4) is 5.75 Å². The van der Waals surface area contributed by atoms with Crippen LogP contribution < -0.4 is 20.9 Å². The molecule has 0 spiro atoms. The summed E-state index contributed by atoms with van der Waals surface area (Å²) in [5, 5.41) is 0. The number of aromatic nitrogens is 5. The van der Waals surface area contributed by atoms with Gasteiger partial charge in [0.05, 0.1) is 7.11 Å². The van der Waals surface area contributed by atoms with Gasteiger partial charge in [0.2, 0.25) is 5.78 Å². The van der Waals surface area contributed by atoms with E-state index >= 15 is 0 Å². The van der Waals surface area contributed by atoms with Gasteiger partial charge < -0.3 is 14.2 Å². The van der Waals surface area contributed by atoms with Gasteiger partial charge >= 0.3 is 5.69 Å². The second kappa shape index (κ2) is 8.43. The summed E-state index contributed by atoms with van der Waals surface area (Å²) in [6.45, 7) is 7.87. The SMILES string of the molecule is COc1ccc(N2CCN(CCCn3c(C)cn4c5c(=O)[nH]c(=O)n(C)c5nc34)CC2)cc1. The number of rotatable bonds is 6. The topological polar surface area (TPSA) is 92.8 Å². The molecule has 0 bridgehead atoms. The number of imidazole rings is 2. The predicted octanol–water partition coefficient (Wildman–Crippen LogP) is 1.21. The second-order valence-corrected chi connectivity index (χ2v) is 8.57. The van der Waals surface area contributed by atoms with Crippen molar-refractivity contribution in [1.82, 2.24) is 28.4 Å². The molecule has 3 aromatic heterocycles. The fraction of sp³-hybridized carbons (Fsp3) is 0.435. The molecule has 0 aliphatic carbocycles. The van der Waals surface area contributed by atoms with Crippen molar-refractivity contribution < 1.29 is 4.74 Å². The van der Waals surface area contributed by atoms with Gasteiger partial charge in [-0.3, -0.25) is 23.6 Å². The number of hydrogen-bond donors (Lipinski definition) is 1. The van der Waals surface area contributed by atoms with Gasteiger partial charge in [0.15, 0.2) is 11.2 Å². The van der Waals surface area contributed by atoms with Crippen LogP contribution in [-0.2, 0) is 13.6 Å². The molecule has 1 aliphatic heterocycles. The lowest BCUT2D eigenvalue weighted by Gasteiger charge is -2.36. The van der Waals surface area contributed by atoms with E-state index in [1.165, 1.54) is 10.3 Å². The Balaban J connectivity index is 1.24. The van der Waals surface area contributed by atoms with E-state index in [4.69, 9.17) is 4.74 Å². The molecule has 5 rings (SSSR count). The van der Waals surface area contributed by atoms with E-state index in [1.54, 1.807) is 18.6 Å². The maximum atomic E-state index is 12.4. The highest BCUT2D eigenvalue weighted by molar-refractivity contribution is 5.75. The van der Waals surface area contributed by atoms with E-state index in [1.807, 2.05) is 25.3 Å². The Morgan fingerprint density at radius 2 is 1.79 bits per heavy atom. The smallest absolute Gasteiger partial charge is 0.329 e. The summed E-state index contributed by atoms with van der Waals surface area (Å²) in [5.41, 5.74) is 2.22. The number of aryl methyl sites for hydroxylation is 3. The van der Waals surface area contributed by atoms with Crippen molar-refractivity contribution in [3.63, 3.8) is 0 Å². The van der Waals surface area contributed by atoms with Gasteiger partial charge in [0, 0.05) is 57.3 Å². The molecule has 10 heteroatoms. The van der Waals surface area contributed by atoms with Gasteiger partial charge in [-0.2, -0.15) is 4.98 Å². The molecular weight excluding hydrogens is 422 g/mol. The molecule has 10 nitrogen and oxygen atoms in total. The zero-order valence-electron chi connectivity index (χ0n) is 19.2. The number of aromatic amines is 1. The number of nitrogens with one attached hydrogen (secondary N) is 1. The number of hydrogen-bond acceptors (Lipinski definition) is 6. The number of H-pyrrole nitrogens is 1. The highest BCUT2D eigenvalue weighted by Gasteiger charge is 2.19. The first-order valence-corrected chi connectivity index (χ1v) is 11.2. The Kier molecular flexibility index (Phi) is 5.45. The molecule has 1 saturated heterocycles. The Labute approximate surface area is 190 Å². The molecule has 0 amide bonds. The van der Waals surface area contributed by atoms with Gasteiger partial charge in [0.25, 0.3) is 5.56 Å². The first-order chi connectivity index (χ1) is 16.0. The zero-order chi connectivity index (χ0) is 23.1. The third kappa shape index (κ3) is 3.80. The van der Waals surface area contributed by atoms with Crippen molar-refractivity contribution in [2.75, 3.05) is 44.7 Å². The Morgan fingerprint density at radius 1 is 1.06 bits per heavy atom. The minimum absolute atomic E-state index is 0.405. The second-order valence-electron chi connectivity index (χ2n) is 8.57. The van der Waals surface area contributed by atoms with E-state index in [2.05, 4.69) is 36.5 Å². The molecule has 1 N–H and O–H groups in total. The number of nitrogens with zero attached hydrogens (tertiary/aromatic N) is 6. The molecule has 0 atom stereocenters. The van der Waals surface area contributed by atoms with Crippen LogP contribution >= 0.6 is 0 Å². The molecule has 0 radical (unpaired) electrons. The average Bonchev–Trinajstić information content (AvgIpc) is 3.34. The summed E-state index contributed by atoms with van der Waals surface area (Å²) in [6, 6.07) is 8.24. The molecule has 4 aromatic rings. The number of anilines is 1. The van der Waals surface area contributed by atoms with Crippen molar-refractivity contribution in [3.05, 3.63) is 57.0 Å². The lowest BCUT2D eigenvalue weighted by atomic mass is 10.2. The van der Waals surface area contributed by atoms with E-state index < -0.39 is 11.2 Å². The van der Waals surface area contributed by atoms with Crippen LogP contribution in [0.4, 0.5) is 5.69 Å². The van der Waals surface area contributed by atoms with E-state index in [0.29, 0.717) is 16.9 Å². The molecule has 4 heterocycles. The minimum atomic E-state index is -0.453. The predicted molar refractivity (Wildman–Crippen MR) is 128 cm³/mol. The lowest BCUT2D eigenvalue weighted by molar-refractivity contribution is 0.250. The number of fused-ring (bicyclic) bond motifs is 3. The molecule has 174 valence electrons. The number of piperazine rings is 1. The van der Waals surface area contributed by atoms with E-state index in [9.17, 15) is 9.59 Å². The summed E-state index contributed by atoms with van der Waals surface area (Å²) in [6.07, 6.45) is 2.89. The molecule has 33 heavy (non-hydrogen) atoms. The first kappa shape index (κ1) is 21.3. The molecular formula is C23H29N7O3. The standard InChI is InChI=1S/C23H29N7O3/c1-16-15-30-19-20(26(2)23(32)25-21(19)31)24-22(30)29(16)10-4-9-27-11-13-28(14-12-27)17-5-7-18(33-3)8-6-17/h5-8,15H,4,9-14H2,1-3H3,(H,25,31,32). The van der Waals surface area contributed by atoms with Crippen LogP contribution in [0.15, 0.2) is 40.1 Å². The fourth-order valence-electron chi connectivity index (χ4n) is 4.67. The molecule has 0 unspecified atom stereocenters. The minimum Gasteiger partial charge on any atom is -0.497 e. The van der Waals surface area contributed by atoms with Crippen molar-refractivity contribution in [2.24, 2.45) is 7.05 Å². The molecule has 1 fully saturated rings. The fourth-order valence-corrected chi connectivity index (χ4v) is 4.67. The average molecular weight is 452 g/mol. The number of ether oxygens (including phenoxy) is 1. The Hall–Kier alpha value is -3.53. The van der Waals surface area contributed by atoms with Gasteiger partial charge in [0.1, 0.15) is 5.75 Å². The maximum Gasteiger partial charge on any atom is 0.329 e. The van der Waals surface area contributed by atoms with Crippen LogP contribution in [-0.4, -0.2) is 68.2 Å². The van der Waals surface area contributed by atoms with Crippen LogP contribution in [0.3, 0.4) is 0 Å². The summed E-state index contributed by atoms with van der Waals surface area (Å²) in [5.74, 6) is 1.57. The molecule has 1 aromatic carbocycles.